The van der Waals surface area contributed by atoms with Crippen LogP contribution in [-0.2, 0) is 0 Å². The van der Waals surface area contributed by atoms with E-state index in [1.807, 2.05) is 0 Å². The van der Waals surface area contributed by atoms with E-state index in [1.165, 1.54) is 12.1 Å². The van der Waals surface area contributed by atoms with Crippen LogP contribution in [0.15, 0.2) is 42.5 Å². The number of rotatable bonds is 4. The molecular formula is C17H12N4O3. The van der Waals surface area contributed by atoms with Gasteiger partial charge in [-0.25, -0.2) is 4.98 Å². The van der Waals surface area contributed by atoms with Gasteiger partial charge in [-0.1, -0.05) is 12.1 Å². The molecule has 0 saturated carbocycles. The molecule has 3 aromatic rings. The highest BCUT2D eigenvalue weighted by Crippen LogP contribution is 2.23. The van der Waals surface area contributed by atoms with Gasteiger partial charge in [-0.3, -0.25) is 10.1 Å². The molecule has 0 amide bonds. The van der Waals surface area contributed by atoms with E-state index in [0.29, 0.717) is 22.7 Å². The van der Waals surface area contributed by atoms with Crippen molar-refractivity contribution >= 4 is 28.4 Å². The molecule has 0 fully saturated rings. The van der Waals surface area contributed by atoms with Crippen LogP contribution in [0.25, 0.3) is 22.7 Å². The highest BCUT2D eigenvalue weighted by Gasteiger charge is 2.10. The van der Waals surface area contributed by atoms with E-state index in [4.69, 9.17) is 4.74 Å². The molecule has 7 nitrogen and oxygen atoms in total. The van der Waals surface area contributed by atoms with Gasteiger partial charge in [0.15, 0.2) is 0 Å². The largest absolute Gasteiger partial charge is 0.497 e. The lowest BCUT2D eigenvalue weighted by Crippen LogP contribution is -1.89. The number of nitrogens with zero attached hydrogens (tertiary/aromatic N) is 3. The Morgan fingerprint density at radius 1 is 1.38 bits per heavy atom. The second kappa shape index (κ2) is 6.22. The molecule has 0 unspecified atom stereocenters. The zero-order chi connectivity index (χ0) is 17.1. The van der Waals surface area contributed by atoms with Crippen LogP contribution < -0.4 is 4.74 Å². The maximum Gasteiger partial charge on any atom is 0.270 e. The first-order valence-electron chi connectivity index (χ1n) is 7.01. The van der Waals surface area contributed by atoms with Gasteiger partial charge in [0.1, 0.15) is 17.6 Å². The number of hydrogen-bond acceptors (Lipinski definition) is 5. The third-order valence-electron chi connectivity index (χ3n) is 3.46. The third kappa shape index (κ3) is 2.94. The Balaban J connectivity index is 2.04. The normalized spacial score (nSPS) is 11.2. The molecule has 0 radical (unpaired) electrons. The SMILES string of the molecule is COc1ccc2nc(/C(C#N)=C\c3cccc([N+](=O)[O-])c3)[nH]c2c1. The van der Waals surface area contributed by atoms with Crippen LogP contribution in [0.2, 0.25) is 0 Å². The monoisotopic (exact) mass is 320 g/mol. The summed E-state index contributed by atoms with van der Waals surface area (Å²) in [7, 11) is 1.57. The number of ether oxygens (including phenoxy) is 1. The average molecular weight is 320 g/mol. The van der Waals surface area contributed by atoms with E-state index in [9.17, 15) is 15.4 Å². The first kappa shape index (κ1) is 15.2. The smallest absolute Gasteiger partial charge is 0.270 e. The molecule has 24 heavy (non-hydrogen) atoms. The molecule has 0 aliphatic rings. The summed E-state index contributed by atoms with van der Waals surface area (Å²) in [6.07, 6.45) is 1.56. The topological polar surface area (TPSA) is 105 Å². The van der Waals surface area contributed by atoms with E-state index in [0.717, 1.165) is 5.52 Å². The van der Waals surface area contributed by atoms with Crippen molar-refractivity contribution < 1.29 is 9.66 Å². The molecule has 0 aliphatic heterocycles. The number of nitro groups is 1. The summed E-state index contributed by atoms with van der Waals surface area (Å²) in [5.41, 5.74) is 2.25. The molecule has 118 valence electrons. The maximum absolute atomic E-state index is 10.8. The van der Waals surface area contributed by atoms with Gasteiger partial charge < -0.3 is 9.72 Å². The molecule has 3 rings (SSSR count). The minimum Gasteiger partial charge on any atom is -0.497 e. The van der Waals surface area contributed by atoms with Gasteiger partial charge in [-0.15, -0.1) is 0 Å². The minimum atomic E-state index is -0.475. The predicted octanol–water partition coefficient (Wildman–Crippen LogP) is 3.54. The van der Waals surface area contributed by atoms with Gasteiger partial charge in [0.05, 0.1) is 28.6 Å². The van der Waals surface area contributed by atoms with Crippen molar-refractivity contribution in [2.45, 2.75) is 0 Å². The van der Waals surface area contributed by atoms with Crippen LogP contribution in [0, 0.1) is 21.4 Å². The Hall–Kier alpha value is -3.66. The van der Waals surface area contributed by atoms with Crippen molar-refractivity contribution in [2.24, 2.45) is 0 Å². The number of imidazole rings is 1. The Morgan fingerprint density at radius 3 is 2.92 bits per heavy atom. The summed E-state index contributed by atoms with van der Waals surface area (Å²) < 4.78 is 5.16. The van der Waals surface area contributed by atoms with Gasteiger partial charge in [0, 0.05) is 18.2 Å². The molecule has 0 bridgehead atoms. The van der Waals surface area contributed by atoms with Crippen molar-refractivity contribution in [1.82, 2.24) is 9.97 Å². The zero-order valence-electron chi connectivity index (χ0n) is 12.7. The average Bonchev–Trinajstić information content (AvgIpc) is 3.02. The Morgan fingerprint density at radius 2 is 2.21 bits per heavy atom. The van der Waals surface area contributed by atoms with E-state index in [2.05, 4.69) is 16.0 Å². The first-order valence-corrected chi connectivity index (χ1v) is 7.01. The predicted molar refractivity (Wildman–Crippen MR) is 89.2 cm³/mol. The van der Waals surface area contributed by atoms with Crippen molar-refractivity contribution in [3.05, 3.63) is 64.0 Å². The van der Waals surface area contributed by atoms with Gasteiger partial charge in [-0.05, 0) is 23.8 Å². The number of hydrogen-bond donors (Lipinski definition) is 1. The van der Waals surface area contributed by atoms with E-state index in [-0.39, 0.29) is 11.3 Å². The van der Waals surface area contributed by atoms with Crippen LogP contribution in [0.1, 0.15) is 11.4 Å². The number of allylic oxidation sites excluding steroid dienone is 1. The summed E-state index contributed by atoms with van der Waals surface area (Å²) >= 11 is 0. The van der Waals surface area contributed by atoms with Gasteiger partial charge >= 0.3 is 0 Å². The highest BCUT2D eigenvalue weighted by molar-refractivity contribution is 5.90. The summed E-state index contributed by atoms with van der Waals surface area (Å²) in [5, 5.41) is 20.3. The number of methoxy groups -OCH3 is 1. The Kier molecular flexibility index (Phi) is 3.95. The number of non-ortho nitro benzene ring substituents is 1. The molecule has 7 heteroatoms. The van der Waals surface area contributed by atoms with Crippen molar-refractivity contribution in [2.75, 3.05) is 7.11 Å². The standard InChI is InChI=1S/C17H12N4O3/c1-24-14-5-6-15-16(9-14)20-17(19-15)12(10-18)7-11-3-2-4-13(8-11)21(22)23/h2-9H,1H3,(H,19,20)/b12-7-. The summed E-state index contributed by atoms with van der Waals surface area (Å²) in [5.74, 6) is 1.08. The number of aromatic amines is 1. The molecule has 1 heterocycles. The molecule has 1 aromatic heterocycles. The summed E-state index contributed by atoms with van der Waals surface area (Å²) in [6.45, 7) is 0. The Labute approximate surface area is 137 Å². The number of nitrogens with one attached hydrogen (secondary N) is 1. The van der Waals surface area contributed by atoms with Crippen molar-refractivity contribution in [1.29, 1.82) is 5.26 Å². The zero-order valence-corrected chi connectivity index (χ0v) is 12.7. The minimum absolute atomic E-state index is 0.0321. The van der Waals surface area contributed by atoms with Crippen LogP contribution in [0.5, 0.6) is 5.75 Å². The number of H-pyrrole nitrogens is 1. The molecule has 0 aliphatic carbocycles. The number of nitro benzene ring substituents is 1. The van der Waals surface area contributed by atoms with Crippen LogP contribution in [-0.4, -0.2) is 22.0 Å². The molecule has 0 atom stereocenters. The quantitative estimate of drug-likeness (QED) is 0.449. The fourth-order valence-corrected chi connectivity index (χ4v) is 2.29. The van der Waals surface area contributed by atoms with Gasteiger partial charge in [-0.2, -0.15) is 5.26 Å². The lowest BCUT2D eigenvalue weighted by atomic mass is 10.1. The fourth-order valence-electron chi connectivity index (χ4n) is 2.29. The first-order chi connectivity index (χ1) is 11.6. The van der Waals surface area contributed by atoms with Crippen molar-refractivity contribution in [3.63, 3.8) is 0 Å². The molecule has 1 N–H and O–H groups in total. The second-order valence-corrected chi connectivity index (χ2v) is 4.99. The van der Waals surface area contributed by atoms with Gasteiger partial charge in [0.25, 0.3) is 5.69 Å². The van der Waals surface area contributed by atoms with Crippen molar-refractivity contribution in [3.8, 4) is 11.8 Å². The van der Waals surface area contributed by atoms with E-state index >= 15 is 0 Å². The maximum atomic E-state index is 10.8. The number of aromatic nitrogens is 2. The van der Waals surface area contributed by atoms with Crippen LogP contribution >= 0.6 is 0 Å². The second-order valence-electron chi connectivity index (χ2n) is 4.99. The molecule has 0 spiro atoms. The van der Waals surface area contributed by atoms with Gasteiger partial charge in [0.2, 0.25) is 0 Å². The molecule has 2 aromatic carbocycles. The number of fused-ring (bicyclic) bond motifs is 1. The highest BCUT2D eigenvalue weighted by atomic mass is 16.6. The summed E-state index contributed by atoms with van der Waals surface area (Å²) in [4.78, 5) is 17.8. The van der Waals surface area contributed by atoms with Crippen LogP contribution in [0.4, 0.5) is 5.69 Å². The third-order valence-corrected chi connectivity index (χ3v) is 3.46. The molecule has 0 saturated heterocycles. The fraction of sp³-hybridized carbons (Fsp3) is 0.0588. The van der Waals surface area contributed by atoms with E-state index < -0.39 is 4.92 Å². The van der Waals surface area contributed by atoms with E-state index in [1.54, 1.807) is 43.5 Å². The Bertz CT molecular complexity index is 998. The number of nitriles is 1. The summed E-state index contributed by atoms with van der Waals surface area (Å²) in [6, 6.07) is 13.5. The van der Waals surface area contributed by atoms with Crippen LogP contribution in [0.3, 0.4) is 0 Å². The number of benzene rings is 2. The molecular weight excluding hydrogens is 308 g/mol. The lowest BCUT2D eigenvalue weighted by Gasteiger charge is -1.97. The lowest BCUT2D eigenvalue weighted by molar-refractivity contribution is -0.384.